The van der Waals surface area contributed by atoms with E-state index in [1.165, 1.54) is 0 Å². The Bertz CT molecular complexity index is 520. The predicted molar refractivity (Wildman–Crippen MR) is 67.4 cm³/mol. The van der Waals surface area contributed by atoms with Crippen molar-refractivity contribution in [3.8, 4) is 11.3 Å². The molecule has 3 heteroatoms. The predicted octanol–water partition coefficient (Wildman–Crippen LogP) is 3.71. The lowest BCUT2D eigenvalue weighted by atomic mass is 10.1. The van der Waals surface area contributed by atoms with E-state index in [9.17, 15) is 4.79 Å². The first-order valence-corrected chi connectivity index (χ1v) is 5.70. The molecule has 0 N–H and O–H groups in total. The zero-order chi connectivity index (χ0) is 11.5. The fourth-order valence-corrected chi connectivity index (χ4v) is 1.79. The van der Waals surface area contributed by atoms with Crippen LogP contribution in [-0.4, -0.2) is 10.8 Å². The molecule has 0 spiro atoms. The van der Waals surface area contributed by atoms with Crippen LogP contribution in [-0.2, 0) is 0 Å². The average molecular weight is 276 g/mol. The molecule has 80 valence electrons. The quantitative estimate of drug-likeness (QED) is 0.618. The molecule has 0 atom stereocenters. The SMILES string of the molecule is CC(=O)c1ccc(-c2cccc(Br)n2)cc1. The van der Waals surface area contributed by atoms with Crippen molar-refractivity contribution in [1.29, 1.82) is 0 Å². The maximum atomic E-state index is 11.1. The van der Waals surface area contributed by atoms with Gasteiger partial charge in [0.15, 0.2) is 5.78 Å². The molecule has 16 heavy (non-hydrogen) atoms. The molecule has 2 aromatic rings. The third kappa shape index (κ3) is 2.36. The van der Waals surface area contributed by atoms with E-state index in [2.05, 4.69) is 20.9 Å². The molecule has 0 fully saturated rings. The minimum absolute atomic E-state index is 0.0775. The normalized spacial score (nSPS) is 10.1. The molecule has 0 aliphatic rings. The Kier molecular flexibility index (Phi) is 3.15. The van der Waals surface area contributed by atoms with Crippen LogP contribution in [0.3, 0.4) is 0 Å². The summed E-state index contributed by atoms with van der Waals surface area (Å²) in [6.07, 6.45) is 0. The number of hydrogen-bond donors (Lipinski definition) is 0. The second kappa shape index (κ2) is 4.58. The molecule has 0 saturated heterocycles. The van der Waals surface area contributed by atoms with E-state index in [0.29, 0.717) is 0 Å². The van der Waals surface area contributed by atoms with E-state index in [4.69, 9.17) is 0 Å². The van der Waals surface area contributed by atoms with Crippen molar-refractivity contribution in [3.05, 3.63) is 52.6 Å². The van der Waals surface area contributed by atoms with Gasteiger partial charge >= 0.3 is 0 Å². The molecule has 1 aromatic heterocycles. The molecule has 2 nitrogen and oxygen atoms in total. The molecule has 0 unspecified atom stereocenters. The number of Topliss-reactive ketones (excluding diaryl/α,β-unsaturated/α-hetero) is 1. The van der Waals surface area contributed by atoms with E-state index in [0.717, 1.165) is 21.4 Å². The molecular weight excluding hydrogens is 266 g/mol. The summed E-state index contributed by atoms with van der Waals surface area (Å²) in [5.41, 5.74) is 2.62. The third-order valence-electron chi connectivity index (χ3n) is 2.30. The minimum atomic E-state index is 0.0775. The largest absolute Gasteiger partial charge is 0.295 e. The second-order valence-corrected chi connectivity index (χ2v) is 4.29. The first-order chi connectivity index (χ1) is 7.66. The zero-order valence-corrected chi connectivity index (χ0v) is 10.4. The van der Waals surface area contributed by atoms with Crippen LogP contribution in [0.15, 0.2) is 47.1 Å². The van der Waals surface area contributed by atoms with Crippen LogP contribution in [0.5, 0.6) is 0 Å². The molecule has 2 rings (SSSR count). The van der Waals surface area contributed by atoms with Gasteiger partial charge in [-0.3, -0.25) is 4.79 Å². The van der Waals surface area contributed by atoms with Crippen molar-refractivity contribution in [2.24, 2.45) is 0 Å². The molecular formula is C13H10BrNO. The van der Waals surface area contributed by atoms with E-state index >= 15 is 0 Å². The van der Waals surface area contributed by atoms with Crippen molar-refractivity contribution < 1.29 is 4.79 Å². The van der Waals surface area contributed by atoms with E-state index < -0.39 is 0 Å². The number of ketones is 1. The Labute approximate surface area is 102 Å². The summed E-state index contributed by atoms with van der Waals surface area (Å²) in [4.78, 5) is 15.5. The van der Waals surface area contributed by atoms with Crippen LogP contribution >= 0.6 is 15.9 Å². The molecule has 0 bridgehead atoms. The summed E-state index contributed by atoms with van der Waals surface area (Å²) < 4.78 is 0.806. The number of rotatable bonds is 2. The smallest absolute Gasteiger partial charge is 0.159 e. The maximum absolute atomic E-state index is 11.1. The molecule has 1 aromatic carbocycles. The van der Waals surface area contributed by atoms with Gasteiger partial charge in [0.2, 0.25) is 0 Å². The van der Waals surface area contributed by atoms with Crippen LogP contribution in [0.1, 0.15) is 17.3 Å². The number of nitrogens with zero attached hydrogens (tertiary/aromatic N) is 1. The summed E-state index contributed by atoms with van der Waals surface area (Å²) in [6, 6.07) is 13.2. The second-order valence-electron chi connectivity index (χ2n) is 3.48. The first-order valence-electron chi connectivity index (χ1n) is 4.91. The van der Waals surface area contributed by atoms with Gasteiger partial charge in [0.05, 0.1) is 5.69 Å². The van der Waals surface area contributed by atoms with Crippen LogP contribution in [0.4, 0.5) is 0 Å². The summed E-state index contributed by atoms with van der Waals surface area (Å²) in [6.45, 7) is 1.56. The van der Waals surface area contributed by atoms with Crippen molar-refractivity contribution in [1.82, 2.24) is 4.98 Å². The highest BCUT2D eigenvalue weighted by Gasteiger charge is 2.02. The highest BCUT2D eigenvalue weighted by molar-refractivity contribution is 9.10. The Morgan fingerprint density at radius 2 is 1.81 bits per heavy atom. The summed E-state index contributed by atoms with van der Waals surface area (Å²) in [7, 11) is 0. The Morgan fingerprint density at radius 1 is 1.12 bits per heavy atom. The Balaban J connectivity index is 2.38. The van der Waals surface area contributed by atoms with Gasteiger partial charge in [-0.2, -0.15) is 0 Å². The summed E-state index contributed by atoms with van der Waals surface area (Å²) in [5.74, 6) is 0.0775. The number of carbonyl (C=O) groups excluding carboxylic acids is 1. The fourth-order valence-electron chi connectivity index (χ4n) is 1.44. The van der Waals surface area contributed by atoms with E-state index in [1.54, 1.807) is 6.92 Å². The average Bonchev–Trinajstić information content (AvgIpc) is 2.29. The van der Waals surface area contributed by atoms with Gasteiger partial charge in [0, 0.05) is 11.1 Å². The lowest BCUT2D eigenvalue weighted by Crippen LogP contribution is -1.91. The maximum Gasteiger partial charge on any atom is 0.159 e. The van der Waals surface area contributed by atoms with Crippen molar-refractivity contribution in [2.75, 3.05) is 0 Å². The Hall–Kier alpha value is -1.48. The third-order valence-corrected chi connectivity index (χ3v) is 2.74. The van der Waals surface area contributed by atoms with E-state index in [-0.39, 0.29) is 5.78 Å². The van der Waals surface area contributed by atoms with Gasteiger partial charge in [0.1, 0.15) is 4.60 Å². The molecule has 0 amide bonds. The van der Waals surface area contributed by atoms with Crippen molar-refractivity contribution in [2.45, 2.75) is 6.92 Å². The van der Waals surface area contributed by atoms with Gasteiger partial charge in [-0.05, 0) is 35.0 Å². The first kappa shape index (κ1) is 11.0. The van der Waals surface area contributed by atoms with Gasteiger partial charge < -0.3 is 0 Å². The standard InChI is InChI=1S/C13H10BrNO/c1-9(16)10-5-7-11(8-6-10)12-3-2-4-13(14)15-12/h2-8H,1H3. The number of pyridine rings is 1. The lowest BCUT2D eigenvalue weighted by molar-refractivity contribution is 0.101. The highest BCUT2D eigenvalue weighted by atomic mass is 79.9. The van der Waals surface area contributed by atoms with Crippen molar-refractivity contribution >= 4 is 21.7 Å². The van der Waals surface area contributed by atoms with Crippen LogP contribution < -0.4 is 0 Å². The lowest BCUT2D eigenvalue weighted by Gasteiger charge is -2.02. The van der Waals surface area contributed by atoms with Gasteiger partial charge in [0.25, 0.3) is 0 Å². The van der Waals surface area contributed by atoms with Crippen LogP contribution in [0.2, 0.25) is 0 Å². The summed E-state index contributed by atoms with van der Waals surface area (Å²) >= 11 is 3.33. The van der Waals surface area contributed by atoms with Crippen molar-refractivity contribution in [3.63, 3.8) is 0 Å². The monoisotopic (exact) mass is 275 g/mol. The minimum Gasteiger partial charge on any atom is -0.295 e. The number of carbonyl (C=O) groups is 1. The van der Waals surface area contributed by atoms with Gasteiger partial charge in [-0.25, -0.2) is 4.98 Å². The van der Waals surface area contributed by atoms with Gasteiger partial charge in [-0.15, -0.1) is 0 Å². The fraction of sp³-hybridized carbons (Fsp3) is 0.0769. The van der Waals surface area contributed by atoms with Gasteiger partial charge in [-0.1, -0.05) is 30.3 Å². The number of halogens is 1. The highest BCUT2D eigenvalue weighted by Crippen LogP contribution is 2.19. The number of aromatic nitrogens is 1. The van der Waals surface area contributed by atoms with Crippen LogP contribution in [0.25, 0.3) is 11.3 Å². The summed E-state index contributed by atoms with van der Waals surface area (Å²) in [5, 5.41) is 0. The molecule has 0 radical (unpaired) electrons. The zero-order valence-electron chi connectivity index (χ0n) is 8.77. The number of benzene rings is 1. The van der Waals surface area contributed by atoms with E-state index in [1.807, 2.05) is 42.5 Å². The van der Waals surface area contributed by atoms with Crippen LogP contribution in [0, 0.1) is 0 Å². The number of hydrogen-bond acceptors (Lipinski definition) is 2. The molecule has 0 aliphatic heterocycles. The topological polar surface area (TPSA) is 30.0 Å². The Morgan fingerprint density at radius 3 is 2.38 bits per heavy atom. The molecule has 0 saturated carbocycles. The molecule has 0 aliphatic carbocycles. The molecule has 1 heterocycles.